The molecule has 0 rings (SSSR count). The van der Waals surface area contributed by atoms with Gasteiger partial charge in [0.2, 0.25) is 0 Å². The van der Waals surface area contributed by atoms with E-state index in [1.165, 1.54) is 6.42 Å². The molecular formula is C4H9IMg. The van der Waals surface area contributed by atoms with Crippen LogP contribution >= 0.6 is 0 Å². The van der Waals surface area contributed by atoms with Crippen LogP contribution in [0.25, 0.3) is 0 Å². The molecule has 0 N–H and O–H groups in total. The Kier molecular flexibility index (Phi) is 41.9. The summed E-state index contributed by atoms with van der Waals surface area (Å²) < 4.78 is 0. The maximum atomic E-state index is 3.60. The van der Waals surface area contributed by atoms with Crippen LogP contribution in [0, 0.1) is 6.92 Å². The van der Waals surface area contributed by atoms with Gasteiger partial charge in [0, 0.05) is 0 Å². The number of hydrogen-bond donors (Lipinski definition) is 0. The maximum Gasteiger partial charge on any atom is 2.00 e. The van der Waals surface area contributed by atoms with Gasteiger partial charge < -0.3 is 30.9 Å². The van der Waals surface area contributed by atoms with Crippen LogP contribution in [0.2, 0.25) is 0 Å². The average Bonchev–Trinajstić information content (AvgIpc) is 1.37. The van der Waals surface area contributed by atoms with Gasteiger partial charge in [-0.2, -0.15) is 6.42 Å². The van der Waals surface area contributed by atoms with Gasteiger partial charge in [0.25, 0.3) is 0 Å². The molecule has 0 radical (unpaired) electrons. The van der Waals surface area contributed by atoms with Gasteiger partial charge in [-0.3, -0.25) is 0 Å². The van der Waals surface area contributed by atoms with E-state index >= 15 is 0 Å². The second kappa shape index (κ2) is 16.1. The molecule has 0 saturated heterocycles. The van der Waals surface area contributed by atoms with Gasteiger partial charge in [-0.1, -0.05) is 13.3 Å². The molecule has 0 aliphatic heterocycles. The quantitative estimate of drug-likeness (QED) is 0.272. The van der Waals surface area contributed by atoms with Crippen LogP contribution in [-0.2, 0) is 0 Å². The summed E-state index contributed by atoms with van der Waals surface area (Å²) in [7, 11) is 0. The molecule has 0 atom stereocenters. The van der Waals surface area contributed by atoms with Gasteiger partial charge >= 0.3 is 23.1 Å². The van der Waals surface area contributed by atoms with Crippen molar-refractivity contribution in [3.63, 3.8) is 0 Å². The van der Waals surface area contributed by atoms with Crippen molar-refractivity contribution >= 4 is 23.1 Å². The topological polar surface area (TPSA) is 0 Å². The minimum absolute atomic E-state index is 0. The van der Waals surface area contributed by atoms with E-state index in [1.807, 2.05) is 0 Å². The van der Waals surface area contributed by atoms with E-state index in [0.717, 1.165) is 6.42 Å². The smallest absolute Gasteiger partial charge is 1.00 e. The van der Waals surface area contributed by atoms with Gasteiger partial charge in [0.1, 0.15) is 0 Å². The average molecular weight is 208 g/mol. The van der Waals surface area contributed by atoms with E-state index in [1.54, 1.807) is 0 Å². The summed E-state index contributed by atoms with van der Waals surface area (Å²) in [5.41, 5.74) is 0. The summed E-state index contributed by atoms with van der Waals surface area (Å²) in [5.74, 6) is 0. The summed E-state index contributed by atoms with van der Waals surface area (Å²) in [6, 6.07) is 0. The van der Waals surface area contributed by atoms with Crippen LogP contribution in [0.3, 0.4) is 0 Å². The predicted molar refractivity (Wildman–Crippen MR) is 26.0 cm³/mol. The van der Waals surface area contributed by atoms with Crippen LogP contribution in [-0.4, -0.2) is 23.1 Å². The molecule has 0 unspecified atom stereocenters. The first-order valence-electron chi connectivity index (χ1n) is 1.71. The van der Waals surface area contributed by atoms with Crippen LogP contribution in [0.15, 0.2) is 0 Å². The van der Waals surface area contributed by atoms with Crippen molar-refractivity contribution in [1.29, 1.82) is 0 Å². The van der Waals surface area contributed by atoms with Crippen LogP contribution in [0.1, 0.15) is 19.8 Å². The maximum absolute atomic E-state index is 3.60. The van der Waals surface area contributed by atoms with Crippen molar-refractivity contribution in [2.45, 2.75) is 19.8 Å². The van der Waals surface area contributed by atoms with E-state index in [4.69, 9.17) is 0 Å². The fraction of sp³-hybridized carbons (Fsp3) is 0.750. The molecule has 6 heavy (non-hydrogen) atoms. The van der Waals surface area contributed by atoms with Gasteiger partial charge in [-0.05, 0) is 0 Å². The van der Waals surface area contributed by atoms with E-state index in [2.05, 4.69) is 13.8 Å². The molecule has 0 aromatic heterocycles. The fourth-order valence-corrected chi connectivity index (χ4v) is 0. The molecule has 0 fully saturated rings. The minimum Gasteiger partial charge on any atom is -1.00 e. The van der Waals surface area contributed by atoms with Crippen LogP contribution in [0.5, 0.6) is 0 Å². The second-order valence-electron chi connectivity index (χ2n) is 0.854. The first kappa shape index (κ1) is 15.6. The van der Waals surface area contributed by atoms with E-state index in [0.29, 0.717) is 0 Å². The van der Waals surface area contributed by atoms with Crippen molar-refractivity contribution in [3.05, 3.63) is 6.92 Å². The molecule has 34 valence electrons. The Balaban J connectivity index is -0.0000000450. The Morgan fingerprint density at radius 2 is 1.67 bits per heavy atom. The zero-order valence-corrected chi connectivity index (χ0v) is 7.78. The largest absolute Gasteiger partial charge is 2.00 e. The van der Waals surface area contributed by atoms with E-state index < -0.39 is 0 Å². The molecule has 2 heteroatoms. The molecule has 0 aliphatic rings. The zero-order chi connectivity index (χ0) is 3.41. The van der Waals surface area contributed by atoms with Gasteiger partial charge in [0.15, 0.2) is 0 Å². The van der Waals surface area contributed by atoms with Crippen LogP contribution in [0.4, 0.5) is 0 Å². The van der Waals surface area contributed by atoms with Gasteiger partial charge in [-0.25, -0.2) is 0 Å². The third-order valence-corrected chi connectivity index (χ3v) is 0.354. The van der Waals surface area contributed by atoms with E-state index in [9.17, 15) is 0 Å². The molecule has 0 aliphatic carbocycles. The molecule has 0 heterocycles. The Labute approximate surface area is 73.2 Å². The Morgan fingerprint density at radius 3 is 1.67 bits per heavy atom. The minimum atomic E-state index is 0. The SMILES string of the molecule is [CH2-]CCC.[I-].[Mg+2]. The summed E-state index contributed by atoms with van der Waals surface area (Å²) in [6.45, 7) is 5.72. The third kappa shape index (κ3) is 17.8. The molecular weight excluding hydrogens is 199 g/mol. The third-order valence-electron chi connectivity index (χ3n) is 0.354. The van der Waals surface area contributed by atoms with Gasteiger partial charge in [0.05, 0.1) is 0 Å². The number of hydrogen-bond acceptors (Lipinski definition) is 0. The van der Waals surface area contributed by atoms with E-state index in [-0.39, 0.29) is 47.0 Å². The van der Waals surface area contributed by atoms with Crippen LogP contribution < -0.4 is 24.0 Å². The van der Waals surface area contributed by atoms with Crippen molar-refractivity contribution in [2.75, 3.05) is 0 Å². The Bertz CT molecular complexity index is 9.51. The standard InChI is InChI=1S/C4H9.HI.Mg/c1-3-4-2;;/h1,3-4H2,2H3;1H;/q-1;;+2/p-1. The molecule has 0 spiro atoms. The summed E-state index contributed by atoms with van der Waals surface area (Å²) in [4.78, 5) is 0. The molecule has 0 nitrogen and oxygen atoms in total. The molecule has 0 aromatic rings. The molecule has 0 amide bonds. The monoisotopic (exact) mass is 208 g/mol. The number of rotatable bonds is 1. The molecule has 0 saturated carbocycles. The van der Waals surface area contributed by atoms with Crippen molar-refractivity contribution in [3.8, 4) is 0 Å². The number of unbranched alkanes of at least 4 members (excludes halogenated alkanes) is 1. The summed E-state index contributed by atoms with van der Waals surface area (Å²) in [6.07, 6.45) is 2.28. The van der Waals surface area contributed by atoms with Crippen molar-refractivity contribution < 1.29 is 24.0 Å². The summed E-state index contributed by atoms with van der Waals surface area (Å²) in [5, 5.41) is 0. The van der Waals surface area contributed by atoms with Crippen molar-refractivity contribution in [1.82, 2.24) is 0 Å². The van der Waals surface area contributed by atoms with Gasteiger partial charge in [-0.15, -0.1) is 0 Å². The summed E-state index contributed by atoms with van der Waals surface area (Å²) >= 11 is 0. The van der Waals surface area contributed by atoms with Crippen molar-refractivity contribution in [2.24, 2.45) is 0 Å². The fourth-order valence-electron chi connectivity index (χ4n) is 0. The normalized spacial score (nSPS) is 5.00. The first-order valence-corrected chi connectivity index (χ1v) is 1.71. The zero-order valence-electron chi connectivity index (χ0n) is 4.21. The Hall–Kier alpha value is 1.50. The first-order chi connectivity index (χ1) is 1.91. The predicted octanol–water partition coefficient (Wildman–Crippen LogP) is -1.76. The number of halogens is 1. The second-order valence-corrected chi connectivity index (χ2v) is 0.854. The Morgan fingerprint density at radius 1 is 1.50 bits per heavy atom. The molecule has 0 bridgehead atoms. The molecule has 0 aromatic carbocycles.